The Kier molecular flexibility index (Phi) is 21.6. The molecular formula is C79H78F6N20O2S3. The van der Waals surface area contributed by atoms with E-state index < -0.39 is 17.7 Å². The highest BCUT2D eigenvalue weighted by Gasteiger charge is 2.33. The van der Waals surface area contributed by atoms with E-state index in [1.807, 2.05) is 65.4 Å². The number of piperidine rings is 2. The molecule has 0 saturated carbocycles. The summed E-state index contributed by atoms with van der Waals surface area (Å²) >= 11 is 3.68. The summed E-state index contributed by atoms with van der Waals surface area (Å²) in [5, 5.41) is 54.1. The maximum Gasteiger partial charge on any atom is 0.236 e. The number of rotatable bonds is 17. The second kappa shape index (κ2) is 32.6. The minimum Gasteiger partial charge on any atom is -0.389 e. The van der Waals surface area contributed by atoms with Gasteiger partial charge in [0.05, 0.1) is 102 Å². The van der Waals surface area contributed by atoms with Crippen molar-refractivity contribution in [3.05, 3.63) is 176 Å². The van der Waals surface area contributed by atoms with Gasteiger partial charge in [0.25, 0.3) is 0 Å². The number of likely N-dealkylation sites (tertiary alicyclic amines) is 1. The maximum atomic E-state index is 15.6. The zero-order chi connectivity index (χ0) is 78.9. The predicted molar refractivity (Wildman–Crippen MR) is 418 cm³/mol. The highest BCUT2D eigenvalue weighted by molar-refractivity contribution is 7.17. The number of aromatic nitrogens is 9. The molecule has 9 aromatic heterocycles. The number of hydrogen-bond donors (Lipinski definition) is 1. The molecule has 16 rings (SSSR count). The monoisotopic (exact) mass is 1550 g/mol. The third-order valence-electron chi connectivity index (χ3n) is 20.1. The van der Waals surface area contributed by atoms with Gasteiger partial charge in [-0.05, 0) is 149 Å². The Morgan fingerprint density at radius 3 is 1.15 bits per heavy atom. The zero-order valence-corrected chi connectivity index (χ0v) is 63.7. The van der Waals surface area contributed by atoms with E-state index in [1.54, 1.807) is 69.9 Å². The van der Waals surface area contributed by atoms with Crippen LogP contribution in [0.25, 0.3) is 50.3 Å². The lowest BCUT2D eigenvalue weighted by Crippen LogP contribution is -2.57. The second-order valence-electron chi connectivity index (χ2n) is 27.2. The number of pyridine rings is 3. The van der Waals surface area contributed by atoms with Crippen molar-refractivity contribution in [1.82, 2.24) is 53.6 Å². The molecular weight excluding hydrogens is 1470 g/mol. The molecule has 0 radical (unpaired) electrons. The molecule has 0 atom stereocenters. The van der Waals surface area contributed by atoms with Gasteiger partial charge in [0, 0.05) is 103 Å². The van der Waals surface area contributed by atoms with E-state index in [0.717, 1.165) is 80.9 Å². The smallest absolute Gasteiger partial charge is 0.236 e. The largest absolute Gasteiger partial charge is 0.389 e. The molecule has 31 heteroatoms. The number of carbonyl (C=O) groups is 1. The van der Waals surface area contributed by atoms with Gasteiger partial charge < -0.3 is 39.4 Å². The molecule has 0 aliphatic carbocycles. The number of β-amino-alcohol motifs (C(OH)–C–C–N with tert-alkyl or cyclic N) is 1. The van der Waals surface area contributed by atoms with E-state index in [9.17, 15) is 38.9 Å². The van der Waals surface area contributed by atoms with Crippen molar-refractivity contribution < 1.29 is 39.0 Å². The molecule has 13 heterocycles. The zero-order valence-electron chi connectivity index (χ0n) is 63.2. The number of aliphatic hydroxyl groups is 1. The van der Waals surface area contributed by atoms with Crippen molar-refractivity contribution in [3.63, 3.8) is 0 Å². The fourth-order valence-electron chi connectivity index (χ4n) is 14.3. The highest BCUT2D eigenvalue weighted by atomic mass is 32.1. The summed E-state index contributed by atoms with van der Waals surface area (Å²) in [6, 6.07) is 29.6. The number of aliphatic hydroxyl groups excluding tert-OH is 1. The summed E-state index contributed by atoms with van der Waals surface area (Å²) in [5.41, 5.74) is 11.0. The number of hydrogen-bond acceptors (Lipinski definition) is 21. The standard InChI is InChI=1S/C29H30F2N8O2S.2C25H24F2N6S/c1-3-22-28(35(2)29-33-27(25(13-32)42-29)18-4-6-19(30)7-5-18)24-12-23(21(31)16-39(24)34-22)37-10-8-36(9-11-37)17-26(41)38-14-20(40)15-38;2*1-3-19-24(21-13-20(18(27)15-33(21)30-19)32-11-5-4-6-12-32)31(2)25-29-23(22(14-28)34-25)16-7-9-17(26)10-8-16/h4-7,12,16,20,40H,3,8-11,14-15,17H2,1-2H3;2*7-10,13,15H,3-6,11-12H2,1-2H3/i16D;15D;. The van der Waals surface area contributed by atoms with E-state index in [-0.39, 0.29) is 53.8 Å². The van der Waals surface area contributed by atoms with Crippen LogP contribution in [0.4, 0.5) is 75.9 Å². The van der Waals surface area contributed by atoms with E-state index in [4.69, 9.17) is 17.7 Å². The Morgan fingerprint density at radius 2 is 0.818 bits per heavy atom. The minimum absolute atomic E-state index is 0.0249. The Hall–Kier alpha value is -11.1. The number of nitriles is 3. The Balaban J connectivity index is 0.000000141. The lowest BCUT2D eigenvalue weighted by atomic mass is 10.1. The van der Waals surface area contributed by atoms with E-state index >= 15 is 13.2 Å². The fourth-order valence-corrected chi connectivity index (χ4v) is 16.9. The molecule has 1 amide bonds. The van der Waals surface area contributed by atoms with Gasteiger partial charge in [0.15, 0.2) is 32.8 Å². The molecule has 4 aliphatic rings. The van der Waals surface area contributed by atoms with Crippen molar-refractivity contribution in [2.24, 2.45) is 0 Å². The van der Waals surface area contributed by atoms with Crippen LogP contribution < -0.4 is 29.4 Å². The van der Waals surface area contributed by atoms with Gasteiger partial charge in [0.1, 0.15) is 67.4 Å². The number of benzene rings is 3. The molecule has 22 nitrogen and oxygen atoms in total. The van der Waals surface area contributed by atoms with Crippen LogP contribution in [0.3, 0.4) is 0 Å². The molecule has 4 aliphatic heterocycles. The summed E-state index contributed by atoms with van der Waals surface area (Å²) < 4.78 is 108. The summed E-state index contributed by atoms with van der Waals surface area (Å²) in [4.78, 5) is 43.0. The third kappa shape index (κ3) is 15.3. The molecule has 4 saturated heterocycles. The third-order valence-corrected chi connectivity index (χ3v) is 23.2. The second-order valence-corrected chi connectivity index (χ2v) is 30.1. The van der Waals surface area contributed by atoms with E-state index in [0.29, 0.717) is 162 Å². The van der Waals surface area contributed by atoms with Crippen LogP contribution in [0.1, 0.15) is 93.8 Å². The molecule has 0 unspecified atom stereocenters. The Morgan fingerprint density at radius 1 is 0.491 bits per heavy atom. The van der Waals surface area contributed by atoms with Gasteiger partial charge in [-0.3, -0.25) is 9.69 Å². The first-order valence-electron chi connectivity index (χ1n) is 37.4. The van der Waals surface area contributed by atoms with Crippen LogP contribution in [-0.2, 0) is 24.1 Å². The number of nitrogens with zero attached hydrogens (tertiary/aromatic N) is 20. The highest BCUT2D eigenvalue weighted by Crippen LogP contribution is 2.44. The number of thiazole rings is 3. The molecule has 0 bridgehead atoms. The number of anilines is 9. The van der Waals surface area contributed by atoms with Crippen LogP contribution in [-0.4, -0.2) is 164 Å². The first-order valence-corrected chi connectivity index (χ1v) is 38.8. The number of aryl methyl sites for hydroxylation is 3. The van der Waals surface area contributed by atoms with Crippen molar-refractivity contribution in [3.8, 4) is 52.0 Å². The quantitative estimate of drug-likeness (QED) is 0.0836. The van der Waals surface area contributed by atoms with Gasteiger partial charge in [-0.15, -0.1) is 0 Å². The number of piperazine rings is 1. The van der Waals surface area contributed by atoms with Crippen molar-refractivity contribution in [2.75, 3.05) is 123 Å². The fraction of sp³-hybridized carbons (Fsp3) is 0.342. The average molecular weight is 1550 g/mol. The van der Waals surface area contributed by atoms with Crippen LogP contribution >= 0.6 is 34.0 Å². The number of amides is 1. The molecule has 566 valence electrons. The summed E-state index contributed by atoms with van der Waals surface area (Å²) in [6.45, 7) is 12.1. The SMILES string of the molecule is CCc1nn2cc(F)c(N3CCCCC3)cc2c1N(C)c1nc(-c2ccc(F)cc2)c(C#N)s1.[2H]c1c(F)c(N2CCCCC2)cc2c(N(C)c3nc(-c4ccc(F)cc4)c(C#N)s3)c(CC)nn12.[2H]c1c(F)c(N2CCN(CC(=O)N3CC(O)C3)CC2)cc2c(N(C)c3nc(-c4ccc(F)cc4)c(C#N)s3)c(CC)nn12. The van der Waals surface area contributed by atoms with Gasteiger partial charge in [0.2, 0.25) is 5.91 Å². The van der Waals surface area contributed by atoms with Crippen LogP contribution in [0.5, 0.6) is 0 Å². The lowest BCUT2D eigenvalue weighted by Gasteiger charge is -2.39. The number of carbonyl (C=O) groups excluding carboxylic acids is 1. The van der Waals surface area contributed by atoms with Gasteiger partial charge in [-0.2, -0.15) is 31.1 Å². The normalized spacial score (nSPS) is 15.0. The van der Waals surface area contributed by atoms with Crippen molar-refractivity contribution in [1.29, 1.82) is 15.8 Å². The van der Waals surface area contributed by atoms with Crippen LogP contribution in [0, 0.1) is 68.9 Å². The van der Waals surface area contributed by atoms with E-state index in [2.05, 4.69) is 38.4 Å². The van der Waals surface area contributed by atoms with Gasteiger partial charge in [-0.1, -0.05) is 54.8 Å². The average Bonchev–Trinajstić information content (AvgIpc) is 1.61. The van der Waals surface area contributed by atoms with Gasteiger partial charge in [-0.25, -0.2) is 54.8 Å². The molecule has 0 spiro atoms. The number of halogens is 6. The summed E-state index contributed by atoms with van der Waals surface area (Å²) in [5.74, 6) is -2.64. The number of fused-ring (bicyclic) bond motifs is 3. The summed E-state index contributed by atoms with van der Waals surface area (Å²) in [7, 11) is 5.51. The molecule has 3 aromatic carbocycles. The summed E-state index contributed by atoms with van der Waals surface area (Å²) in [6.07, 6.45) is 8.49. The van der Waals surface area contributed by atoms with E-state index in [1.165, 1.54) is 92.1 Å². The van der Waals surface area contributed by atoms with Gasteiger partial charge >= 0.3 is 0 Å². The van der Waals surface area contributed by atoms with Crippen LogP contribution in [0.2, 0.25) is 0 Å². The lowest BCUT2D eigenvalue weighted by molar-refractivity contribution is -0.142. The Labute approximate surface area is 646 Å². The first-order chi connectivity index (χ1) is 54.1. The molecule has 4 fully saturated rings. The minimum atomic E-state index is -0.675. The maximum absolute atomic E-state index is 15.6. The topological polar surface area (TPSA) is 225 Å². The first kappa shape index (κ1) is 73.0. The van der Waals surface area contributed by atoms with Crippen molar-refractivity contribution >= 4 is 106 Å². The van der Waals surface area contributed by atoms with Crippen LogP contribution in [0.15, 0.2) is 110 Å². The molecule has 110 heavy (non-hydrogen) atoms. The molecule has 12 aromatic rings. The predicted octanol–water partition coefficient (Wildman–Crippen LogP) is 15.1. The molecule has 1 N–H and O–H groups in total. The van der Waals surface area contributed by atoms with Crippen molar-refractivity contribution in [2.45, 2.75) is 84.7 Å². The Bertz CT molecular complexity index is 5630.